The summed E-state index contributed by atoms with van der Waals surface area (Å²) in [4.78, 5) is 22.9. The fourth-order valence-electron chi connectivity index (χ4n) is 10.7. The van der Waals surface area contributed by atoms with E-state index in [9.17, 15) is 15.5 Å². The Morgan fingerprint density at radius 3 is 2.32 bits per heavy atom. The number of hydrogen-bond acceptors (Lipinski definition) is 11. The molecule has 5 aromatic rings. The van der Waals surface area contributed by atoms with Gasteiger partial charge >= 0.3 is 0 Å². The zero-order valence-corrected chi connectivity index (χ0v) is 38.3. The van der Waals surface area contributed by atoms with E-state index in [0.29, 0.717) is 58.4 Å². The van der Waals surface area contributed by atoms with Crippen molar-refractivity contribution in [3.8, 4) is 45.9 Å². The van der Waals surface area contributed by atoms with Gasteiger partial charge in [-0.2, -0.15) is 5.26 Å². The van der Waals surface area contributed by atoms with Crippen molar-refractivity contribution in [2.75, 3.05) is 33.7 Å². The molecule has 2 N–H and O–H groups in total. The Morgan fingerprint density at radius 2 is 1.59 bits per heavy atom. The molecule has 9 rings (SSSR count). The van der Waals surface area contributed by atoms with Gasteiger partial charge in [-0.3, -0.25) is 4.79 Å². The number of carbonyl (C=O) groups excluding carboxylic acids is 1. The van der Waals surface area contributed by atoms with Gasteiger partial charge in [0.05, 0.1) is 29.9 Å². The number of carbonyl (C=O) groups is 1. The summed E-state index contributed by atoms with van der Waals surface area (Å²) in [5.41, 5.74) is 6.35. The number of hydrogen-bond donors (Lipinski definition) is 2. The molecule has 2 aliphatic heterocycles. The van der Waals surface area contributed by atoms with Crippen LogP contribution >= 0.6 is 0 Å². The molecular formula is C56H57N3O9. The van der Waals surface area contributed by atoms with Gasteiger partial charge in [-0.25, -0.2) is 0 Å². The molecule has 12 nitrogen and oxygen atoms in total. The highest BCUT2D eigenvalue weighted by atomic mass is 16.7. The van der Waals surface area contributed by atoms with Crippen molar-refractivity contribution >= 4 is 11.6 Å². The first kappa shape index (κ1) is 46.2. The number of rotatable bonds is 19. The summed E-state index contributed by atoms with van der Waals surface area (Å²) in [7, 11) is 1.53. The quantitative estimate of drug-likeness (QED) is 0.0465. The second kappa shape index (κ2) is 20.9. The fraction of sp³-hybridized carbons (Fsp3) is 0.339. The van der Waals surface area contributed by atoms with Crippen molar-refractivity contribution < 1.29 is 43.5 Å². The van der Waals surface area contributed by atoms with Crippen LogP contribution < -0.4 is 18.9 Å². The molecule has 12 heteroatoms. The molecule has 1 amide bonds. The molecule has 5 aromatic carbocycles. The van der Waals surface area contributed by atoms with E-state index in [1.165, 1.54) is 7.11 Å². The highest BCUT2D eigenvalue weighted by Crippen LogP contribution is 2.62. The van der Waals surface area contributed by atoms with Gasteiger partial charge in [-0.05, 0) is 127 Å². The van der Waals surface area contributed by atoms with Crippen molar-refractivity contribution in [1.29, 1.82) is 5.26 Å². The summed E-state index contributed by atoms with van der Waals surface area (Å²) in [6, 6.07) is 37.9. The normalized spacial score (nSPS) is 22.5. The number of allylic oxidation sites excluding steroid dienone is 1. The number of nitrogens with zero attached hydrogens (tertiary/aromatic N) is 3. The first-order chi connectivity index (χ1) is 33.4. The van der Waals surface area contributed by atoms with Crippen LogP contribution in [0.5, 0.6) is 28.7 Å². The lowest BCUT2D eigenvalue weighted by Gasteiger charge is -2.60. The van der Waals surface area contributed by atoms with E-state index >= 15 is 4.79 Å². The Labute approximate surface area is 397 Å². The van der Waals surface area contributed by atoms with E-state index < -0.39 is 17.7 Å². The summed E-state index contributed by atoms with van der Waals surface area (Å²) in [6.45, 7) is 4.58. The number of fused-ring (bicyclic) bond motifs is 3. The monoisotopic (exact) mass is 915 g/mol. The third-order valence-corrected chi connectivity index (χ3v) is 13.7. The van der Waals surface area contributed by atoms with E-state index in [0.717, 1.165) is 53.5 Å². The van der Waals surface area contributed by atoms with Gasteiger partial charge in [0, 0.05) is 43.2 Å². The van der Waals surface area contributed by atoms with Crippen molar-refractivity contribution in [3.05, 3.63) is 162 Å². The maximum Gasteiger partial charge on any atom is 0.254 e. The summed E-state index contributed by atoms with van der Waals surface area (Å²) >= 11 is 0. The van der Waals surface area contributed by atoms with Gasteiger partial charge in [0.2, 0.25) is 12.6 Å². The molecule has 0 aromatic heterocycles. The van der Waals surface area contributed by atoms with Crippen LogP contribution in [0.2, 0.25) is 0 Å². The number of amides is 1. The van der Waals surface area contributed by atoms with Crippen molar-refractivity contribution in [1.82, 2.24) is 4.90 Å². The lowest BCUT2D eigenvalue weighted by atomic mass is 9.55. The van der Waals surface area contributed by atoms with Gasteiger partial charge in [-0.15, -0.1) is 6.58 Å². The highest BCUT2D eigenvalue weighted by Gasteiger charge is 2.65. The maximum absolute atomic E-state index is 15.4. The Bertz CT molecular complexity index is 2680. The molecule has 0 unspecified atom stereocenters. The third-order valence-electron chi connectivity index (χ3n) is 13.7. The SMILES string of the molecule is C=CCO[C@@]12Oc3ccc(Oc4ccc(-c5ccccc5)cc4)cc3[C@H]3[C@H](CCCCO)[C@@H](CCCCO)C=C(C(=NOC)C[C@@H]1N(Cc1ccc4c(c1)OCO4)C(=O)c1ccc(C#N)cc1)[C@H]32. The van der Waals surface area contributed by atoms with Gasteiger partial charge < -0.3 is 43.6 Å². The summed E-state index contributed by atoms with van der Waals surface area (Å²) in [5, 5.41) is 34.4. The fourth-order valence-corrected chi connectivity index (χ4v) is 10.7. The van der Waals surface area contributed by atoms with E-state index in [-0.39, 0.29) is 63.2 Å². The van der Waals surface area contributed by atoms with Gasteiger partial charge in [0.1, 0.15) is 30.4 Å². The minimum Gasteiger partial charge on any atom is -0.459 e. The lowest BCUT2D eigenvalue weighted by molar-refractivity contribution is -0.255. The molecule has 4 aliphatic rings. The number of nitriles is 1. The number of aliphatic hydroxyl groups excluding tert-OH is 2. The molecule has 0 spiro atoms. The molecule has 1 saturated carbocycles. The number of benzene rings is 5. The topological polar surface area (TPSA) is 152 Å². The average Bonchev–Trinajstić information content (AvgIpc) is 3.85. The summed E-state index contributed by atoms with van der Waals surface area (Å²) in [5.74, 6) is 0.631. The predicted octanol–water partition coefficient (Wildman–Crippen LogP) is 10.4. The van der Waals surface area contributed by atoms with E-state index in [2.05, 4.69) is 49.1 Å². The summed E-state index contributed by atoms with van der Waals surface area (Å²) < 4.78 is 32.8. The van der Waals surface area contributed by atoms with Gasteiger partial charge in [0.15, 0.2) is 11.5 Å². The molecular weight excluding hydrogens is 859 g/mol. The lowest BCUT2D eigenvalue weighted by Crippen LogP contribution is -2.70. The molecule has 1 fully saturated rings. The first-order valence-electron chi connectivity index (χ1n) is 23.5. The van der Waals surface area contributed by atoms with Crippen molar-refractivity contribution in [3.63, 3.8) is 0 Å². The molecule has 0 bridgehead atoms. The van der Waals surface area contributed by atoms with Crippen LogP contribution in [0.4, 0.5) is 0 Å². The largest absolute Gasteiger partial charge is 0.459 e. The number of ether oxygens (including phenoxy) is 5. The smallest absolute Gasteiger partial charge is 0.254 e. The Kier molecular flexibility index (Phi) is 14.2. The van der Waals surface area contributed by atoms with Crippen LogP contribution in [-0.4, -0.2) is 72.3 Å². The van der Waals surface area contributed by atoms with Crippen LogP contribution in [0.25, 0.3) is 11.1 Å². The standard InChI is InChI=1S/C56H57N3O9/c1-3-29-66-56-52(59(55(62)41-18-15-37(34-57)16-19-41)35-38-17-25-50-51(30-38)65-36-64-50)33-48(58-63-2)46-31-42(13-7-9-27-60)45(14-8-10-28-61)53(54(46)56)47-32-44(24-26-49(47)68-56)67-43-22-20-40(21-23-43)39-11-5-4-6-12-39/h3-6,11-12,15-26,30-32,42,45,52-54,60-61H,1,7-10,13-14,27-29,33,35-36H2,2H3/t42-,45+,52-,53+,54+,56+/m0/s1. The number of aliphatic hydroxyl groups is 2. The van der Waals surface area contributed by atoms with Gasteiger partial charge in [-0.1, -0.05) is 78.7 Å². The van der Waals surface area contributed by atoms with E-state index in [1.807, 2.05) is 60.7 Å². The van der Waals surface area contributed by atoms with Crippen LogP contribution in [-0.2, 0) is 16.1 Å². The second-order valence-corrected chi connectivity index (χ2v) is 17.8. The van der Waals surface area contributed by atoms with Gasteiger partial charge in [0.25, 0.3) is 5.91 Å². The third kappa shape index (κ3) is 9.34. The molecule has 350 valence electrons. The molecule has 6 atom stereocenters. The molecule has 2 aliphatic carbocycles. The number of unbranched alkanes of at least 4 members (excludes halogenated alkanes) is 2. The zero-order chi connectivity index (χ0) is 47.0. The Morgan fingerprint density at radius 1 is 0.868 bits per heavy atom. The second-order valence-electron chi connectivity index (χ2n) is 17.8. The molecule has 2 heterocycles. The predicted molar refractivity (Wildman–Crippen MR) is 258 cm³/mol. The Balaban J connectivity index is 1.21. The van der Waals surface area contributed by atoms with Crippen molar-refractivity contribution in [2.24, 2.45) is 22.9 Å². The first-order valence-corrected chi connectivity index (χ1v) is 23.5. The van der Waals surface area contributed by atoms with Crippen LogP contribution in [0.1, 0.15) is 77.9 Å². The molecule has 0 radical (unpaired) electrons. The van der Waals surface area contributed by atoms with E-state index in [1.54, 1.807) is 35.2 Å². The minimum atomic E-state index is -1.50. The minimum absolute atomic E-state index is 0.0165. The van der Waals surface area contributed by atoms with E-state index in [4.69, 9.17) is 33.7 Å². The number of oxime groups is 1. The van der Waals surface area contributed by atoms with Crippen LogP contribution in [0.15, 0.2) is 145 Å². The van der Waals surface area contributed by atoms with Crippen molar-refractivity contribution in [2.45, 2.75) is 69.2 Å². The Hall–Kier alpha value is -6.91. The average molecular weight is 916 g/mol. The van der Waals surface area contributed by atoms with Crippen LogP contribution in [0, 0.1) is 29.1 Å². The molecule has 0 saturated heterocycles. The highest BCUT2D eigenvalue weighted by molar-refractivity contribution is 6.03. The molecule has 68 heavy (non-hydrogen) atoms. The summed E-state index contributed by atoms with van der Waals surface area (Å²) in [6.07, 6.45) is 8.71. The van der Waals surface area contributed by atoms with Crippen LogP contribution in [0.3, 0.4) is 0 Å². The zero-order valence-electron chi connectivity index (χ0n) is 38.3. The maximum atomic E-state index is 15.4.